The SMILES string of the molecule is COc1ccc(/C=C(/C#N)C(=O)Nc2cccc(C(=O)O)c2)cc1OC(=O)c1cccc2ccccc12. The lowest BCUT2D eigenvalue weighted by Crippen LogP contribution is -2.14. The number of aromatic carboxylic acids is 1. The summed E-state index contributed by atoms with van der Waals surface area (Å²) in [5.41, 5.74) is 0.769. The Bertz CT molecular complexity index is 1590. The zero-order chi connectivity index (χ0) is 26.4. The van der Waals surface area contributed by atoms with Crippen LogP contribution in [-0.4, -0.2) is 30.1 Å². The number of nitrogens with zero attached hydrogens (tertiary/aromatic N) is 1. The van der Waals surface area contributed by atoms with Crippen molar-refractivity contribution in [2.24, 2.45) is 0 Å². The zero-order valence-corrected chi connectivity index (χ0v) is 19.6. The average molecular weight is 492 g/mol. The molecule has 0 aliphatic carbocycles. The molecule has 0 radical (unpaired) electrons. The Morgan fingerprint density at radius 3 is 2.43 bits per heavy atom. The van der Waals surface area contributed by atoms with E-state index in [1.165, 1.54) is 43.5 Å². The van der Waals surface area contributed by atoms with Crippen molar-refractivity contribution in [1.29, 1.82) is 5.26 Å². The third kappa shape index (κ3) is 5.63. The van der Waals surface area contributed by atoms with Crippen LogP contribution in [0.5, 0.6) is 11.5 Å². The Kier molecular flexibility index (Phi) is 7.27. The number of carboxylic acid groups (broad SMARTS) is 1. The molecule has 2 N–H and O–H groups in total. The van der Waals surface area contributed by atoms with Gasteiger partial charge in [-0.2, -0.15) is 5.26 Å². The molecule has 4 aromatic carbocycles. The summed E-state index contributed by atoms with van der Waals surface area (Å²) in [6, 6.07) is 24.9. The van der Waals surface area contributed by atoms with Gasteiger partial charge in [0.1, 0.15) is 11.6 Å². The van der Waals surface area contributed by atoms with Crippen LogP contribution in [0.1, 0.15) is 26.3 Å². The predicted molar refractivity (Wildman–Crippen MR) is 138 cm³/mol. The first-order valence-electron chi connectivity index (χ1n) is 11.0. The van der Waals surface area contributed by atoms with Crippen molar-refractivity contribution in [1.82, 2.24) is 0 Å². The Labute approximate surface area is 212 Å². The lowest BCUT2D eigenvalue weighted by Gasteiger charge is -2.11. The highest BCUT2D eigenvalue weighted by Gasteiger charge is 2.17. The number of benzene rings is 4. The van der Waals surface area contributed by atoms with Crippen LogP contribution in [-0.2, 0) is 4.79 Å². The lowest BCUT2D eigenvalue weighted by atomic mass is 10.0. The highest BCUT2D eigenvalue weighted by molar-refractivity contribution is 6.10. The molecule has 8 heteroatoms. The van der Waals surface area contributed by atoms with Gasteiger partial charge in [0.15, 0.2) is 11.5 Å². The summed E-state index contributed by atoms with van der Waals surface area (Å²) in [5, 5.41) is 22.8. The van der Waals surface area contributed by atoms with E-state index in [9.17, 15) is 19.6 Å². The highest BCUT2D eigenvalue weighted by Crippen LogP contribution is 2.31. The third-order valence-electron chi connectivity index (χ3n) is 5.44. The number of nitrogens with one attached hydrogen (secondary N) is 1. The number of nitriles is 1. The molecule has 0 unspecified atom stereocenters. The largest absolute Gasteiger partial charge is 0.493 e. The van der Waals surface area contributed by atoms with Gasteiger partial charge < -0.3 is 19.9 Å². The van der Waals surface area contributed by atoms with Gasteiger partial charge in [0.05, 0.1) is 18.2 Å². The summed E-state index contributed by atoms with van der Waals surface area (Å²) in [7, 11) is 1.43. The zero-order valence-electron chi connectivity index (χ0n) is 19.6. The molecular formula is C29H20N2O6. The number of hydrogen-bond acceptors (Lipinski definition) is 6. The van der Waals surface area contributed by atoms with Crippen LogP contribution in [0, 0.1) is 11.3 Å². The summed E-state index contributed by atoms with van der Waals surface area (Å²) in [4.78, 5) is 36.8. The number of amides is 1. The van der Waals surface area contributed by atoms with Gasteiger partial charge in [-0.3, -0.25) is 4.79 Å². The van der Waals surface area contributed by atoms with E-state index in [-0.39, 0.29) is 22.6 Å². The molecule has 0 saturated carbocycles. The van der Waals surface area contributed by atoms with E-state index in [0.717, 1.165) is 10.8 Å². The van der Waals surface area contributed by atoms with Crippen molar-refractivity contribution in [3.8, 4) is 17.6 Å². The van der Waals surface area contributed by atoms with E-state index in [1.807, 2.05) is 36.4 Å². The van der Waals surface area contributed by atoms with Crippen molar-refractivity contribution in [2.45, 2.75) is 0 Å². The number of carbonyl (C=O) groups excluding carboxylic acids is 2. The van der Waals surface area contributed by atoms with Crippen LogP contribution < -0.4 is 14.8 Å². The fourth-order valence-electron chi connectivity index (χ4n) is 3.66. The molecule has 8 nitrogen and oxygen atoms in total. The molecule has 4 aromatic rings. The molecule has 0 aliphatic rings. The first kappa shape index (κ1) is 24.7. The molecule has 0 aliphatic heterocycles. The molecule has 0 fully saturated rings. The molecular weight excluding hydrogens is 472 g/mol. The number of fused-ring (bicyclic) bond motifs is 1. The molecule has 4 rings (SSSR count). The average Bonchev–Trinajstić information content (AvgIpc) is 2.91. The minimum Gasteiger partial charge on any atom is -0.493 e. The maximum absolute atomic E-state index is 13.0. The number of carboxylic acids is 1. The Morgan fingerprint density at radius 1 is 0.919 bits per heavy atom. The topological polar surface area (TPSA) is 126 Å². The van der Waals surface area contributed by atoms with Gasteiger partial charge in [0.2, 0.25) is 0 Å². The second-order valence-corrected chi connectivity index (χ2v) is 7.84. The Balaban J connectivity index is 1.60. The van der Waals surface area contributed by atoms with Crippen LogP contribution in [0.25, 0.3) is 16.8 Å². The molecule has 182 valence electrons. The molecule has 0 atom stereocenters. The molecule has 0 aromatic heterocycles. The molecule has 37 heavy (non-hydrogen) atoms. The summed E-state index contributed by atoms with van der Waals surface area (Å²) in [6.45, 7) is 0. The van der Waals surface area contributed by atoms with E-state index >= 15 is 0 Å². The van der Waals surface area contributed by atoms with Gasteiger partial charge >= 0.3 is 11.9 Å². The highest BCUT2D eigenvalue weighted by atomic mass is 16.6. The first-order valence-corrected chi connectivity index (χ1v) is 11.0. The van der Waals surface area contributed by atoms with Crippen molar-refractivity contribution < 1.29 is 29.0 Å². The van der Waals surface area contributed by atoms with E-state index in [4.69, 9.17) is 14.6 Å². The van der Waals surface area contributed by atoms with Crippen LogP contribution in [0.4, 0.5) is 5.69 Å². The van der Waals surface area contributed by atoms with E-state index in [2.05, 4.69) is 5.32 Å². The number of hydrogen-bond donors (Lipinski definition) is 2. The van der Waals surface area contributed by atoms with Crippen LogP contribution in [0.15, 0.2) is 90.5 Å². The van der Waals surface area contributed by atoms with Gasteiger partial charge in [-0.05, 0) is 58.8 Å². The van der Waals surface area contributed by atoms with Crippen LogP contribution in [0.3, 0.4) is 0 Å². The smallest absolute Gasteiger partial charge is 0.344 e. The van der Waals surface area contributed by atoms with Crippen molar-refractivity contribution >= 4 is 40.4 Å². The van der Waals surface area contributed by atoms with Gasteiger partial charge in [0.25, 0.3) is 5.91 Å². The quantitative estimate of drug-likeness (QED) is 0.155. The number of carbonyl (C=O) groups is 3. The minimum absolute atomic E-state index is 0.00639. The maximum Gasteiger partial charge on any atom is 0.344 e. The number of anilines is 1. The Hall–Kier alpha value is -5.42. The monoisotopic (exact) mass is 492 g/mol. The van der Waals surface area contributed by atoms with Crippen molar-refractivity contribution in [2.75, 3.05) is 12.4 Å². The summed E-state index contributed by atoms with van der Waals surface area (Å²) >= 11 is 0. The third-order valence-corrected chi connectivity index (χ3v) is 5.44. The van der Waals surface area contributed by atoms with Gasteiger partial charge in [-0.25, -0.2) is 9.59 Å². The van der Waals surface area contributed by atoms with Gasteiger partial charge in [0, 0.05) is 5.69 Å². The standard InChI is InChI=1S/C29H20N2O6/c1-36-25-13-12-18(14-21(17-30)27(32)31-22-9-4-8-20(16-22)28(33)34)15-26(25)37-29(35)24-11-5-7-19-6-2-3-10-23(19)24/h2-16H,1H3,(H,31,32)(H,33,34)/b21-14-. The predicted octanol–water partition coefficient (Wildman–Crippen LogP) is 5.31. The maximum atomic E-state index is 13.0. The lowest BCUT2D eigenvalue weighted by molar-refractivity contribution is -0.112. The number of ether oxygens (including phenoxy) is 2. The molecule has 0 heterocycles. The molecule has 1 amide bonds. The summed E-state index contributed by atoms with van der Waals surface area (Å²) in [5.74, 6) is -2.06. The van der Waals surface area contributed by atoms with E-state index < -0.39 is 17.8 Å². The van der Waals surface area contributed by atoms with E-state index in [1.54, 1.807) is 24.3 Å². The van der Waals surface area contributed by atoms with Gasteiger partial charge in [-0.1, -0.05) is 48.5 Å². The second kappa shape index (κ2) is 10.9. The van der Waals surface area contributed by atoms with Crippen LogP contribution in [0.2, 0.25) is 0 Å². The van der Waals surface area contributed by atoms with Crippen LogP contribution >= 0.6 is 0 Å². The minimum atomic E-state index is -1.14. The molecule has 0 bridgehead atoms. The second-order valence-electron chi connectivity index (χ2n) is 7.84. The first-order chi connectivity index (χ1) is 17.9. The number of esters is 1. The number of rotatable bonds is 7. The Morgan fingerprint density at radius 2 is 1.68 bits per heavy atom. The fraction of sp³-hybridized carbons (Fsp3) is 0.0345. The molecule has 0 saturated heterocycles. The molecule has 0 spiro atoms. The van der Waals surface area contributed by atoms with E-state index in [0.29, 0.717) is 16.9 Å². The summed E-state index contributed by atoms with van der Waals surface area (Å²) in [6.07, 6.45) is 1.32. The normalized spacial score (nSPS) is 10.9. The van der Waals surface area contributed by atoms with Crippen molar-refractivity contribution in [3.63, 3.8) is 0 Å². The fourth-order valence-corrected chi connectivity index (χ4v) is 3.66. The summed E-state index contributed by atoms with van der Waals surface area (Å²) < 4.78 is 11.0. The number of methoxy groups -OCH3 is 1. The van der Waals surface area contributed by atoms with Gasteiger partial charge in [-0.15, -0.1) is 0 Å². The van der Waals surface area contributed by atoms with Crippen molar-refractivity contribution in [3.05, 3.63) is 107 Å².